The molecule has 1 saturated carbocycles. The van der Waals surface area contributed by atoms with Gasteiger partial charge in [0.25, 0.3) is 0 Å². The van der Waals surface area contributed by atoms with Gasteiger partial charge in [0.15, 0.2) is 5.13 Å². The number of hydrogen-bond acceptors (Lipinski definition) is 5. The Morgan fingerprint density at radius 2 is 1.65 bits per heavy atom. The molecule has 3 aliphatic rings. The van der Waals surface area contributed by atoms with E-state index in [1.54, 1.807) is 11.3 Å². The molecule has 1 aromatic carbocycles. The summed E-state index contributed by atoms with van der Waals surface area (Å²) in [6.45, 7) is 10.2. The summed E-state index contributed by atoms with van der Waals surface area (Å²) in [6.07, 6.45) is 8.80. The summed E-state index contributed by atoms with van der Waals surface area (Å²) >= 11 is 1.80. The summed E-state index contributed by atoms with van der Waals surface area (Å²) in [6, 6.07) is 5.23. The molecule has 0 bridgehead atoms. The molecule has 0 radical (unpaired) electrons. The van der Waals surface area contributed by atoms with Crippen molar-refractivity contribution in [2.45, 2.75) is 64.8 Å². The second-order valence-electron chi connectivity index (χ2n) is 9.84. The second kappa shape index (κ2) is 9.07. The number of piperazine rings is 1. The van der Waals surface area contributed by atoms with Crippen LogP contribution in [0, 0.1) is 19.8 Å². The Hall–Kier alpha value is -1.66. The van der Waals surface area contributed by atoms with Gasteiger partial charge in [0.2, 0.25) is 5.91 Å². The molecular weight excluding hydrogens is 404 g/mol. The Bertz CT molecular complexity index is 919. The molecule has 3 heterocycles. The lowest BCUT2D eigenvalue weighted by molar-refractivity contribution is -0.138. The highest BCUT2D eigenvalue weighted by molar-refractivity contribution is 7.22. The van der Waals surface area contributed by atoms with E-state index in [2.05, 4.69) is 40.7 Å². The molecule has 2 aliphatic heterocycles. The van der Waals surface area contributed by atoms with E-state index in [1.807, 2.05) is 0 Å². The normalized spacial score (nSPS) is 22.4. The number of thiazole rings is 1. The van der Waals surface area contributed by atoms with E-state index in [0.717, 1.165) is 68.8 Å². The zero-order chi connectivity index (χ0) is 21.4. The lowest BCUT2D eigenvalue weighted by Gasteiger charge is -2.42. The standard InChI is InChI=1S/C25H36N4OS/c1-18-16-19(2)23-22(17-18)31-25(26-23)29-10-8-20(9-11-29)24(30)28-14-12-27(13-15-28)21-6-4-3-5-7-21/h16-17,20-21H,3-15H2,1-2H3. The van der Waals surface area contributed by atoms with E-state index < -0.39 is 0 Å². The Morgan fingerprint density at radius 3 is 2.35 bits per heavy atom. The Morgan fingerprint density at radius 1 is 0.935 bits per heavy atom. The third-order valence-corrected chi connectivity index (χ3v) is 8.71. The topological polar surface area (TPSA) is 39.7 Å². The third-order valence-electron chi connectivity index (χ3n) is 7.65. The lowest BCUT2D eigenvalue weighted by Crippen LogP contribution is -2.54. The van der Waals surface area contributed by atoms with Gasteiger partial charge in [0.05, 0.1) is 10.2 Å². The molecule has 6 heteroatoms. The van der Waals surface area contributed by atoms with E-state index in [0.29, 0.717) is 5.91 Å². The Labute approximate surface area is 190 Å². The molecule has 5 nitrogen and oxygen atoms in total. The number of anilines is 1. The Balaban J connectivity index is 1.15. The van der Waals surface area contributed by atoms with Gasteiger partial charge in [0.1, 0.15) is 0 Å². The highest BCUT2D eigenvalue weighted by atomic mass is 32.1. The monoisotopic (exact) mass is 440 g/mol. The minimum Gasteiger partial charge on any atom is -0.348 e. The number of carbonyl (C=O) groups excluding carboxylic acids is 1. The number of rotatable bonds is 3. The number of piperidine rings is 1. The summed E-state index contributed by atoms with van der Waals surface area (Å²) < 4.78 is 1.28. The van der Waals surface area contributed by atoms with Crippen LogP contribution in [-0.2, 0) is 4.79 Å². The van der Waals surface area contributed by atoms with Crippen molar-refractivity contribution in [3.05, 3.63) is 23.3 Å². The molecule has 1 aromatic heterocycles. The van der Waals surface area contributed by atoms with Crippen LogP contribution < -0.4 is 4.90 Å². The van der Waals surface area contributed by atoms with Crippen LogP contribution in [0.5, 0.6) is 0 Å². The highest BCUT2D eigenvalue weighted by Crippen LogP contribution is 2.34. The zero-order valence-electron chi connectivity index (χ0n) is 19.1. The first-order valence-electron chi connectivity index (χ1n) is 12.2. The van der Waals surface area contributed by atoms with Gasteiger partial charge in [-0.2, -0.15) is 0 Å². The molecule has 1 aliphatic carbocycles. The average Bonchev–Trinajstić information content (AvgIpc) is 3.24. The van der Waals surface area contributed by atoms with Gasteiger partial charge in [-0.3, -0.25) is 9.69 Å². The maximum Gasteiger partial charge on any atom is 0.225 e. The van der Waals surface area contributed by atoms with Gasteiger partial charge in [-0.1, -0.05) is 36.7 Å². The first-order valence-corrected chi connectivity index (χ1v) is 13.1. The highest BCUT2D eigenvalue weighted by Gasteiger charge is 2.32. The number of benzene rings is 1. The van der Waals surface area contributed by atoms with Gasteiger partial charge in [-0.15, -0.1) is 0 Å². The van der Waals surface area contributed by atoms with Crippen molar-refractivity contribution in [1.82, 2.24) is 14.8 Å². The number of aromatic nitrogens is 1. The van der Waals surface area contributed by atoms with Crippen molar-refractivity contribution in [1.29, 1.82) is 0 Å². The predicted molar refractivity (Wildman–Crippen MR) is 129 cm³/mol. The molecule has 0 spiro atoms. The molecular formula is C25H36N4OS. The van der Waals surface area contributed by atoms with Gasteiger partial charge in [-0.25, -0.2) is 4.98 Å². The lowest BCUT2D eigenvalue weighted by atomic mass is 9.93. The fourth-order valence-corrected chi connectivity index (χ4v) is 7.02. The van der Waals surface area contributed by atoms with Gasteiger partial charge < -0.3 is 9.80 Å². The van der Waals surface area contributed by atoms with Crippen LogP contribution in [0.1, 0.15) is 56.1 Å². The van der Waals surface area contributed by atoms with E-state index in [9.17, 15) is 4.79 Å². The molecule has 31 heavy (non-hydrogen) atoms. The molecule has 2 aromatic rings. The van der Waals surface area contributed by atoms with E-state index in [-0.39, 0.29) is 5.92 Å². The quantitative estimate of drug-likeness (QED) is 0.699. The largest absolute Gasteiger partial charge is 0.348 e. The summed E-state index contributed by atoms with van der Waals surface area (Å²) in [5, 5.41) is 1.12. The first kappa shape index (κ1) is 21.2. The number of carbonyl (C=O) groups is 1. The van der Waals surface area contributed by atoms with E-state index >= 15 is 0 Å². The van der Waals surface area contributed by atoms with E-state index in [4.69, 9.17) is 4.98 Å². The minimum atomic E-state index is 0.191. The summed E-state index contributed by atoms with van der Waals surface area (Å²) in [4.78, 5) is 25.3. The molecule has 2 saturated heterocycles. The van der Waals surface area contributed by atoms with Crippen molar-refractivity contribution in [2.24, 2.45) is 5.92 Å². The number of fused-ring (bicyclic) bond motifs is 1. The third kappa shape index (κ3) is 4.47. The average molecular weight is 441 g/mol. The number of hydrogen-bond donors (Lipinski definition) is 0. The number of nitrogens with zero attached hydrogens (tertiary/aromatic N) is 4. The molecule has 3 fully saturated rings. The van der Waals surface area contributed by atoms with Crippen LogP contribution in [0.2, 0.25) is 0 Å². The molecule has 0 N–H and O–H groups in total. The summed E-state index contributed by atoms with van der Waals surface area (Å²) in [7, 11) is 0. The van der Waals surface area contributed by atoms with Crippen molar-refractivity contribution in [3.8, 4) is 0 Å². The maximum absolute atomic E-state index is 13.2. The first-order chi connectivity index (χ1) is 15.1. The van der Waals surface area contributed by atoms with Crippen LogP contribution in [0.4, 0.5) is 5.13 Å². The fraction of sp³-hybridized carbons (Fsp3) is 0.680. The van der Waals surface area contributed by atoms with Crippen LogP contribution in [0.25, 0.3) is 10.2 Å². The molecule has 168 valence electrons. The zero-order valence-corrected chi connectivity index (χ0v) is 19.9. The fourth-order valence-electron chi connectivity index (χ4n) is 5.82. The number of amides is 1. The smallest absolute Gasteiger partial charge is 0.225 e. The second-order valence-corrected chi connectivity index (χ2v) is 10.8. The molecule has 1 amide bonds. The van der Waals surface area contributed by atoms with Gasteiger partial charge in [-0.05, 0) is 56.7 Å². The van der Waals surface area contributed by atoms with E-state index in [1.165, 1.54) is 47.9 Å². The Kier molecular flexibility index (Phi) is 6.20. The van der Waals surface area contributed by atoms with Crippen LogP contribution in [0.3, 0.4) is 0 Å². The predicted octanol–water partition coefficient (Wildman–Crippen LogP) is 4.61. The van der Waals surface area contributed by atoms with Crippen LogP contribution in [0.15, 0.2) is 12.1 Å². The molecule has 5 rings (SSSR count). The molecule has 0 unspecified atom stereocenters. The van der Waals surface area contributed by atoms with Crippen LogP contribution in [-0.4, -0.2) is 66.0 Å². The minimum absolute atomic E-state index is 0.191. The molecule has 0 atom stereocenters. The van der Waals surface area contributed by atoms with Gasteiger partial charge in [0, 0.05) is 51.2 Å². The van der Waals surface area contributed by atoms with Crippen molar-refractivity contribution < 1.29 is 4.79 Å². The SMILES string of the molecule is Cc1cc(C)c2nc(N3CCC(C(=O)N4CCN(C5CCCCC5)CC4)CC3)sc2c1. The number of aryl methyl sites for hydroxylation is 2. The van der Waals surface area contributed by atoms with Crippen LogP contribution >= 0.6 is 11.3 Å². The van der Waals surface area contributed by atoms with Crippen molar-refractivity contribution >= 4 is 32.6 Å². The summed E-state index contributed by atoms with van der Waals surface area (Å²) in [5.74, 6) is 0.592. The maximum atomic E-state index is 13.2. The summed E-state index contributed by atoms with van der Waals surface area (Å²) in [5.41, 5.74) is 3.70. The van der Waals surface area contributed by atoms with Crippen molar-refractivity contribution in [3.63, 3.8) is 0 Å². The van der Waals surface area contributed by atoms with Crippen molar-refractivity contribution in [2.75, 3.05) is 44.2 Å². The van der Waals surface area contributed by atoms with Gasteiger partial charge >= 0.3 is 0 Å².